The third kappa shape index (κ3) is 3.21. The lowest BCUT2D eigenvalue weighted by Crippen LogP contribution is -2.40. The fourth-order valence-corrected chi connectivity index (χ4v) is 4.97. The number of carboxylic acids is 1. The van der Waals surface area contributed by atoms with Crippen LogP contribution in [-0.2, 0) is 17.9 Å². The van der Waals surface area contributed by atoms with Gasteiger partial charge in [0, 0.05) is 50.6 Å². The average molecular weight is 357 g/mol. The summed E-state index contributed by atoms with van der Waals surface area (Å²) in [5.41, 5.74) is 1.67. The topological polar surface area (TPSA) is 56.7 Å². The van der Waals surface area contributed by atoms with Gasteiger partial charge in [-0.05, 0) is 12.5 Å². The number of aromatic nitrogens is 1. The smallest absolute Gasteiger partial charge is 0.312 e. The minimum absolute atomic E-state index is 0.188. The van der Waals surface area contributed by atoms with Crippen molar-refractivity contribution in [3.63, 3.8) is 0 Å². The summed E-state index contributed by atoms with van der Waals surface area (Å²) in [6, 6.07) is 10.3. The van der Waals surface area contributed by atoms with Gasteiger partial charge in [0.15, 0.2) is 0 Å². The van der Waals surface area contributed by atoms with E-state index in [1.54, 1.807) is 11.3 Å². The highest BCUT2D eigenvalue weighted by Crippen LogP contribution is 2.43. The maximum absolute atomic E-state index is 12.1. The largest absolute Gasteiger partial charge is 0.481 e. The third-order valence-corrected chi connectivity index (χ3v) is 6.30. The van der Waals surface area contributed by atoms with Crippen molar-refractivity contribution < 1.29 is 9.90 Å². The minimum atomic E-state index is -0.648. The zero-order chi connectivity index (χ0) is 17.4. The van der Waals surface area contributed by atoms with Crippen LogP contribution in [-0.4, -0.2) is 52.0 Å². The molecule has 2 aromatic rings. The van der Waals surface area contributed by atoms with Gasteiger partial charge in [-0.15, -0.1) is 11.3 Å². The number of likely N-dealkylation sites (tertiary alicyclic amines) is 2. The molecule has 132 valence electrons. The van der Waals surface area contributed by atoms with Crippen LogP contribution in [0.5, 0.6) is 0 Å². The molecule has 2 aliphatic heterocycles. The molecule has 0 bridgehead atoms. The predicted octanol–water partition coefficient (Wildman–Crippen LogP) is 2.47. The van der Waals surface area contributed by atoms with Gasteiger partial charge in [0.2, 0.25) is 0 Å². The lowest BCUT2D eigenvalue weighted by Gasteiger charge is -2.25. The molecule has 2 atom stereocenters. The molecule has 6 heteroatoms. The normalized spacial score (nSPS) is 26.8. The van der Waals surface area contributed by atoms with E-state index >= 15 is 0 Å². The van der Waals surface area contributed by atoms with Gasteiger partial charge in [0.25, 0.3) is 0 Å². The van der Waals surface area contributed by atoms with Crippen LogP contribution in [0.15, 0.2) is 35.7 Å². The molecule has 0 saturated carbocycles. The van der Waals surface area contributed by atoms with Crippen molar-refractivity contribution in [1.82, 2.24) is 14.8 Å². The summed E-state index contributed by atoms with van der Waals surface area (Å²) < 4.78 is 0. The second-order valence-electron chi connectivity index (χ2n) is 7.34. The number of thiazole rings is 1. The summed E-state index contributed by atoms with van der Waals surface area (Å²) in [6.45, 7) is 6.55. The van der Waals surface area contributed by atoms with Gasteiger partial charge in [-0.1, -0.05) is 30.3 Å². The summed E-state index contributed by atoms with van der Waals surface area (Å²) in [5, 5.41) is 13.1. The van der Waals surface area contributed by atoms with E-state index in [1.165, 1.54) is 5.56 Å². The zero-order valence-electron chi connectivity index (χ0n) is 14.4. The SMILES string of the molecule is Cc1nc(CN2C[C@@H]3CN(Cc4ccccc4)C[C@]3(C(=O)O)C2)cs1. The molecular formula is C19H23N3O2S. The van der Waals surface area contributed by atoms with Crippen LogP contribution in [0, 0.1) is 18.3 Å². The van der Waals surface area contributed by atoms with E-state index in [2.05, 4.69) is 32.3 Å². The number of carboxylic acid groups (broad SMARTS) is 1. The van der Waals surface area contributed by atoms with Gasteiger partial charge in [0.1, 0.15) is 0 Å². The fraction of sp³-hybridized carbons (Fsp3) is 0.474. The molecule has 5 nitrogen and oxygen atoms in total. The molecule has 0 spiro atoms. The quantitative estimate of drug-likeness (QED) is 0.891. The summed E-state index contributed by atoms with van der Waals surface area (Å²) in [5.74, 6) is -0.460. The number of benzene rings is 1. The molecule has 25 heavy (non-hydrogen) atoms. The summed E-state index contributed by atoms with van der Waals surface area (Å²) in [4.78, 5) is 21.2. The summed E-state index contributed by atoms with van der Waals surface area (Å²) in [6.07, 6.45) is 0. The van der Waals surface area contributed by atoms with Crippen molar-refractivity contribution in [3.05, 3.63) is 52.0 Å². The molecule has 2 aliphatic rings. The van der Waals surface area contributed by atoms with E-state index in [4.69, 9.17) is 0 Å². The number of hydrogen-bond acceptors (Lipinski definition) is 5. The van der Waals surface area contributed by atoms with Crippen LogP contribution in [0.25, 0.3) is 0 Å². The first-order valence-corrected chi connectivity index (χ1v) is 9.56. The van der Waals surface area contributed by atoms with Crippen LogP contribution in [0.1, 0.15) is 16.3 Å². The minimum Gasteiger partial charge on any atom is -0.481 e. The Morgan fingerprint density at radius 3 is 2.48 bits per heavy atom. The molecule has 0 unspecified atom stereocenters. The van der Waals surface area contributed by atoms with Crippen molar-refractivity contribution in [1.29, 1.82) is 0 Å². The van der Waals surface area contributed by atoms with Crippen molar-refractivity contribution >= 4 is 17.3 Å². The van der Waals surface area contributed by atoms with Gasteiger partial charge in [-0.25, -0.2) is 4.98 Å². The van der Waals surface area contributed by atoms with Crippen LogP contribution in [0.4, 0.5) is 0 Å². The molecular weight excluding hydrogens is 334 g/mol. The number of rotatable bonds is 5. The molecule has 2 saturated heterocycles. The first kappa shape index (κ1) is 16.7. The number of aryl methyl sites for hydroxylation is 1. The van der Waals surface area contributed by atoms with Crippen molar-refractivity contribution in [2.45, 2.75) is 20.0 Å². The first-order valence-electron chi connectivity index (χ1n) is 8.68. The molecule has 0 amide bonds. The third-order valence-electron chi connectivity index (χ3n) is 5.48. The van der Waals surface area contributed by atoms with Gasteiger partial charge in [0.05, 0.1) is 16.1 Å². The number of carbonyl (C=O) groups is 1. The van der Waals surface area contributed by atoms with Crippen molar-refractivity contribution in [2.24, 2.45) is 11.3 Å². The fourth-order valence-electron chi connectivity index (χ4n) is 4.37. The molecule has 0 radical (unpaired) electrons. The van der Waals surface area contributed by atoms with Crippen LogP contribution in [0.2, 0.25) is 0 Å². The Morgan fingerprint density at radius 2 is 1.92 bits per heavy atom. The van der Waals surface area contributed by atoms with E-state index in [0.29, 0.717) is 13.1 Å². The maximum Gasteiger partial charge on any atom is 0.312 e. The Bertz CT molecular complexity index is 763. The maximum atomic E-state index is 12.1. The molecule has 1 aromatic heterocycles. The standard InChI is InChI=1S/C19H23N3O2S/c1-14-20-17(11-25-14)10-22-9-16-8-21(7-15-5-3-2-4-6-15)12-19(16,13-22)18(23)24/h2-6,11,16H,7-10,12-13H2,1H3,(H,23,24)/t16-,19-/m0/s1. The van der Waals surface area contributed by atoms with E-state index < -0.39 is 11.4 Å². The first-order chi connectivity index (χ1) is 12.0. The molecule has 0 aliphatic carbocycles. The Hall–Kier alpha value is -1.76. The van der Waals surface area contributed by atoms with Crippen LogP contribution >= 0.6 is 11.3 Å². The van der Waals surface area contributed by atoms with Crippen molar-refractivity contribution in [2.75, 3.05) is 26.2 Å². The van der Waals surface area contributed by atoms with E-state index in [0.717, 1.165) is 36.9 Å². The molecule has 2 fully saturated rings. The van der Waals surface area contributed by atoms with E-state index in [9.17, 15) is 9.90 Å². The average Bonchev–Trinajstić information content (AvgIpc) is 3.21. The Kier molecular flexibility index (Phi) is 4.35. The number of hydrogen-bond donors (Lipinski definition) is 1. The molecule has 4 rings (SSSR count). The predicted molar refractivity (Wildman–Crippen MR) is 97.4 cm³/mol. The Balaban J connectivity index is 1.45. The number of fused-ring (bicyclic) bond motifs is 1. The number of nitrogens with zero attached hydrogens (tertiary/aromatic N) is 3. The highest BCUT2D eigenvalue weighted by atomic mass is 32.1. The van der Waals surface area contributed by atoms with Gasteiger partial charge in [-0.3, -0.25) is 14.6 Å². The second-order valence-corrected chi connectivity index (χ2v) is 8.40. The Morgan fingerprint density at radius 1 is 1.24 bits per heavy atom. The second kappa shape index (κ2) is 6.52. The Labute approximate surface area is 151 Å². The number of aliphatic carboxylic acids is 1. The summed E-state index contributed by atoms with van der Waals surface area (Å²) >= 11 is 1.65. The lowest BCUT2D eigenvalue weighted by atomic mass is 9.81. The van der Waals surface area contributed by atoms with Gasteiger partial charge in [-0.2, -0.15) is 0 Å². The monoisotopic (exact) mass is 357 g/mol. The lowest BCUT2D eigenvalue weighted by molar-refractivity contribution is -0.149. The highest BCUT2D eigenvalue weighted by Gasteiger charge is 2.57. The van der Waals surface area contributed by atoms with Crippen molar-refractivity contribution in [3.8, 4) is 0 Å². The highest BCUT2D eigenvalue weighted by molar-refractivity contribution is 7.09. The zero-order valence-corrected chi connectivity index (χ0v) is 15.2. The molecule has 1 N–H and O–H groups in total. The van der Waals surface area contributed by atoms with Crippen LogP contribution < -0.4 is 0 Å². The van der Waals surface area contributed by atoms with E-state index in [1.807, 2.05) is 25.1 Å². The van der Waals surface area contributed by atoms with Gasteiger partial charge < -0.3 is 5.11 Å². The van der Waals surface area contributed by atoms with E-state index in [-0.39, 0.29) is 5.92 Å². The molecule has 3 heterocycles. The van der Waals surface area contributed by atoms with Crippen LogP contribution in [0.3, 0.4) is 0 Å². The summed E-state index contributed by atoms with van der Waals surface area (Å²) in [7, 11) is 0. The van der Waals surface area contributed by atoms with Gasteiger partial charge >= 0.3 is 5.97 Å². The molecule has 1 aromatic carbocycles.